The standard InChI is InChI=1S/C25H22Cl4N2O2/c26-20-8-7-17(14-22(20)28)15-30-9-11-31(12-10-30)25(32)19-4-1-3-18(13-19)16-33-23-6-2-5-21(27)24(23)29/h1-8,13-14H,9-12,15-16H2. The molecule has 0 atom stereocenters. The molecule has 0 aromatic heterocycles. The summed E-state index contributed by atoms with van der Waals surface area (Å²) in [5.41, 5.74) is 2.64. The van der Waals surface area contributed by atoms with E-state index in [9.17, 15) is 4.79 Å². The fourth-order valence-electron chi connectivity index (χ4n) is 3.74. The van der Waals surface area contributed by atoms with Crippen LogP contribution in [0.5, 0.6) is 5.75 Å². The van der Waals surface area contributed by atoms with Gasteiger partial charge in [0.25, 0.3) is 5.91 Å². The molecule has 0 spiro atoms. The Kier molecular flexibility index (Phi) is 8.05. The van der Waals surface area contributed by atoms with Gasteiger partial charge in [0.2, 0.25) is 0 Å². The van der Waals surface area contributed by atoms with E-state index in [-0.39, 0.29) is 5.91 Å². The van der Waals surface area contributed by atoms with Crippen LogP contribution < -0.4 is 4.74 Å². The fraction of sp³-hybridized carbons (Fsp3) is 0.240. The van der Waals surface area contributed by atoms with Crippen LogP contribution in [0.25, 0.3) is 0 Å². The Morgan fingerprint density at radius 2 is 1.55 bits per heavy atom. The highest BCUT2D eigenvalue weighted by atomic mass is 35.5. The number of ether oxygens (including phenoxy) is 1. The Morgan fingerprint density at radius 1 is 0.788 bits per heavy atom. The number of hydrogen-bond donors (Lipinski definition) is 0. The van der Waals surface area contributed by atoms with Crippen LogP contribution in [0.3, 0.4) is 0 Å². The van der Waals surface area contributed by atoms with Crippen molar-refractivity contribution in [1.29, 1.82) is 0 Å². The van der Waals surface area contributed by atoms with Gasteiger partial charge in [-0.3, -0.25) is 9.69 Å². The summed E-state index contributed by atoms with van der Waals surface area (Å²) in [5, 5.41) is 1.94. The van der Waals surface area contributed by atoms with Gasteiger partial charge < -0.3 is 9.64 Å². The molecule has 1 fully saturated rings. The number of hydrogen-bond acceptors (Lipinski definition) is 3. The average molecular weight is 524 g/mol. The maximum atomic E-state index is 13.1. The molecule has 0 saturated carbocycles. The molecule has 1 aliphatic rings. The summed E-state index contributed by atoms with van der Waals surface area (Å²) in [6.07, 6.45) is 0. The third-order valence-electron chi connectivity index (χ3n) is 5.53. The molecule has 172 valence electrons. The van der Waals surface area contributed by atoms with Crippen molar-refractivity contribution in [1.82, 2.24) is 9.80 Å². The van der Waals surface area contributed by atoms with Gasteiger partial charge in [-0.25, -0.2) is 0 Å². The molecule has 1 amide bonds. The second-order valence-electron chi connectivity index (χ2n) is 7.86. The second-order valence-corrected chi connectivity index (χ2v) is 9.46. The average Bonchev–Trinajstić information content (AvgIpc) is 2.83. The van der Waals surface area contributed by atoms with E-state index >= 15 is 0 Å². The maximum Gasteiger partial charge on any atom is 0.253 e. The predicted molar refractivity (Wildman–Crippen MR) is 135 cm³/mol. The van der Waals surface area contributed by atoms with Crippen LogP contribution in [0, 0.1) is 0 Å². The summed E-state index contributed by atoms with van der Waals surface area (Å²) in [4.78, 5) is 17.3. The Labute approximate surface area is 213 Å². The minimum absolute atomic E-state index is 0.0202. The highest BCUT2D eigenvalue weighted by Crippen LogP contribution is 2.32. The van der Waals surface area contributed by atoms with Crippen LogP contribution in [0.15, 0.2) is 60.7 Å². The Morgan fingerprint density at radius 3 is 2.30 bits per heavy atom. The van der Waals surface area contributed by atoms with Gasteiger partial charge in [0.05, 0.1) is 15.1 Å². The van der Waals surface area contributed by atoms with Gasteiger partial charge in [-0.2, -0.15) is 0 Å². The first-order chi connectivity index (χ1) is 15.9. The number of nitrogens with zero attached hydrogens (tertiary/aromatic N) is 2. The number of carbonyl (C=O) groups excluding carboxylic acids is 1. The molecule has 1 saturated heterocycles. The maximum absolute atomic E-state index is 13.1. The summed E-state index contributed by atoms with van der Waals surface area (Å²) in [7, 11) is 0. The number of amides is 1. The number of halogens is 4. The van der Waals surface area contributed by atoms with Crippen LogP contribution >= 0.6 is 46.4 Å². The second kappa shape index (κ2) is 11.0. The van der Waals surface area contributed by atoms with Crippen molar-refractivity contribution in [2.75, 3.05) is 26.2 Å². The highest BCUT2D eigenvalue weighted by Gasteiger charge is 2.22. The van der Waals surface area contributed by atoms with Crippen molar-refractivity contribution in [3.05, 3.63) is 97.4 Å². The van der Waals surface area contributed by atoms with Crippen LogP contribution in [0.1, 0.15) is 21.5 Å². The molecular formula is C25H22Cl4N2O2. The van der Waals surface area contributed by atoms with Crippen molar-refractivity contribution in [2.45, 2.75) is 13.2 Å². The number of carbonyl (C=O) groups is 1. The minimum atomic E-state index is 0.0202. The first kappa shape index (κ1) is 24.2. The zero-order valence-electron chi connectivity index (χ0n) is 17.7. The molecule has 3 aromatic rings. The molecule has 0 N–H and O–H groups in total. The van der Waals surface area contributed by atoms with Gasteiger partial charge in [0, 0.05) is 38.3 Å². The predicted octanol–water partition coefficient (Wildman–Crippen LogP) is 6.84. The summed E-state index contributed by atoms with van der Waals surface area (Å²) >= 11 is 24.4. The molecule has 4 nitrogen and oxygen atoms in total. The van der Waals surface area contributed by atoms with Crippen molar-refractivity contribution in [2.24, 2.45) is 0 Å². The molecule has 1 heterocycles. The topological polar surface area (TPSA) is 32.8 Å². The highest BCUT2D eigenvalue weighted by molar-refractivity contribution is 6.43. The van der Waals surface area contributed by atoms with Crippen molar-refractivity contribution in [3.8, 4) is 5.75 Å². The van der Waals surface area contributed by atoms with E-state index in [1.54, 1.807) is 18.2 Å². The van der Waals surface area contributed by atoms with E-state index in [2.05, 4.69) is 4.90 Å². The van der Waals surface area contributed by atoms with Gasteiger partial charge in [0.1, 0.15) is 17.4 Å². The van der Waals surface area contributed by atoms with Crippen LogP contribution in [0.2, 0.25) is 20.1 Å². The van der Waals surface area contributed by atoms with Gasteiger partial charge in [-0.05, 0) is 47.5 Å². The summed E-state index contributed by atoms with van der Waals surface area (Å²) in [6, 6.07) is 18.4. The van der Waals surface area contributed by atoms with E-state index in [4.69, 9.17) is 51.1 Å². The van der Waals surface area contributed by atoms with E-state index in [1.807, 2.05) is 47.4 Å². The van der Waals surface area contributed by atoms with E-state index in [0.29, 0.717) is 51.1 Å². The minimum Gasteiger partial charge on any atom is -0.487 e. The van der Waals surface area contributed by atoms with Gasteiger partial charge in [-0.15, -0.1) is 0 Å². The largest absolute Gasteiger partial charge is 0.487 e. The molecule has 1 aliphatic heterocycles. The molecule has 4 rings (SSSR count). The molecule has 0 bridgehead atoms. The number of piperazine rings is 1. The molecule has 8 heteroatoms. The molecule has 3 aromatic carbocycles. The molecule has 0 aliphatic carbocycles. The first-order valence-electron chi connectivity index (χ1n) is 10.5. The van der Waals surface area contributed by atoms with Crippen molar-refractivity contribution >= 4 is 52.3 Å². The third-order valence-corrected chi connectivity index (χ3v) is 7.07. The normalized spacial score (nSPS) is 14.4. The number of rotatable bonds is 6. The Balaban J connectivity index is 1.33. The summed E-state index contributed by atoms with van der Waals surface area (Å²) < 4.78 is 5.80. The quantitative estimate of drug-likeness (QED) is 0.354. The smallest absolute Gasteiger partial charge is 0.253 e. The zero-order chi connectivity index (χ0) is 23.4. The molecular weight excluding hydrogens is 502 g/mol. The monoisotopic (exact) mass is 522 g/mol. The van der Waals surface area contributed by atoms with Gasteiger partial charge >= 0.3 is 0 Å². The SMILES string of the molecule is O=C(c1cccc(COc2cccc(Cl)c2Cl)c1)N1CCN(Cc2ccc(Cl)c(Cl)c2)CC1. The zero-order valence-corrected chi connectivity index (χ0v) is 20.8. The molecule has 0 radical (unpaired) electrons. The summed E-state index contributed by atoms with van der Waals surface area (Å²) in [5.74, 6) is 0.533. The first-order valence-corrected chi connectivity index (χ1v) is 12.0. The van der Waals surface area contributed by atoms with Crippen molar-refractivity contribution < 1.29 is 9.53 Å². The lowest BCUT2D eigenvalue weighted by atomic mass is 10.1. The van der Waals surface area contributed by atoms with Gasteiger partial charge in [0.15, 0.2) is 0 Å². The van der Waals surface area contributed by atoms with E-state index in [1.165, 1.54) is 0 Å². The van der Waals surface area contributed by atoms with Crippen LogP contribution in [-0.2, 0) is 13.2 Å². The van der Waals surface area contributed by atoms with Crippen LogP contribution in [0.4, 0.5) is 0 Å². The lowest BCUT2D eigenvalue weighted by Gasteiger charge is -2.35. The molecule has 33 heavy (non-hydrogen) atoms. The van der Waals surface area contributed by atoms with E-state index < -0.39 is 0 Å². The van der Waals surface area contributed by atoms with Crippen LogP contribution in [-0.4, -0.2) is 41.9 Å². The Hall–Kier alpha value is -1.95. The lowest BCUT2D eigenvalue weighted by molar-refractivity contribution is 0.0628. The van der Waals surface area contributed by atoms with E-state index in [0.717, 1.165) is 30.8 Å². The third kappa shape index (κ3) is 6.14. The molecule has 0 unspecified atom stereocenters. The Bertz CT molecular complexity index is 1150. The lowest BCUT2D eigenvalue weighted by Crippen LogP contribution is -2.48. The summed E-state index contributed by atoms with van der Waals surface area (Å²) in [6.45, 7) is 3.98. The van der Waals surface area contributed by atoms with Gasteiger partial charge in [-0.1, -0.05) is 70.7 Å². The van der Waals surface area contributed by atoms with Crippen molar-refractivity contribution in [3.63, 3.8) is 0 Å². The number of benzene rings is 3. The fourth-order valence-corrected chi connectivity index (χ4v) is 4.41.